The maximum atomic E-state index is 13.5. The summed E-state index contributed by atoms with van der Waals surface area (Å²) in [6.45, 7) is 3.87. The summed E-state index contributed by atoms with van der Waals surface area (Å²) in [4.78, 5) is 14.8. The molecule has 4 nitrogen and oxygen atoms in total. The zero-order valence-corrected chi connectivity index (χ0v) is 18.6. The van der Waals surface area contributed by atoms with E-state index in [1.165, 1.54) is 11.0 Å². The number of anilines is 1. The molecule has 0 saturated heterocycles. The van der Waals surface area contributed by atoms with E-state index >= 15 is 0 Å². The number of hydrogen-bond donors (Lipinski definition) is 1. The molecule has 0 unspecified atom stereocenters. The van der Waals surface area contributed by atoms with Crippen molar-refractivity contribution in [3.05, 3.63) is 64.2 Å². The Balaban J connectivity index is 2.63. The molecular weight excluding hydrogens is 427 g/mol. The van der Waals surface area contributed by atoms with Gasteiger partial charge in [0.15, 0.2) is 0 Å². The third kappa shape index (κ3) is 5.92. The first kappa shape index (κ1) is 24.5. The molecule has 2 aromatic carbocycles. The Hall–Kier alpha value is -2.72. The Bertz CT molecular complexity index is 983. The van der Waals surface area contributed by atoms with E-state index in [0.717, 1.165) is 12.1 Å². The summed E-state index contributed by atoms with van der Waals surface area (Å²) in [7, 11) is 3.21. The van der Waals surface area contributed by atoms with Gasteiger partial charge in [-0.2, -0.15) is 18.4 Å². The van der Waals surface area contributed by atoms with E-state index in [4.69, 9.17) is 16.9 Å². The number of carbonyl (C=O) groups is 1. The maximum absolute atomic E-state index is 13.5. The van der Waals surface area contributed by atoms with Gasteiger partial charge in [0.05, 0.1) is 17.2 Å². The Morgan fingerprint density at radius 3 is 2.35 bits per heavy atom. The number of nitriles is 1. The average Bonchev–Trinajstić information content (AvgIpc) is 2.67. The summed E-state index contributed by atoms with van der Waals surface area (Å²) < 4.78 is 40.4. The van der Waals surface area contributed by atoms with Crippen LogP contribution in [-0.2, 0) is 17.4 Å². The van der Waals surface area contributed by atoms with Crippen LogP contribution in [0.5, 0.6) is 0 Å². The SMILES string of the molecule is CC(C)C[C@@](Cc1ccccc1Cl)(Nc1ccc(C#N)c(C(F)(F)F)c1)C(=O)N(C)C. The van der Waals surface area contributed by atoms with Crippen LogP contribution in [0.25, 0.3) is 0 Å². The van der Waals surface area contributed by atoms with Gasteiger partial charge in [0, 0.05) is 31.2 Å². The number of amides is 1. The van der Waals surface area contributed by atoms with Crippen molar-refractivity contribution >= 4 is 23.2 Å². The predicted octanol–water partition coefficient (Wildman–Crippen LogP) is 5.76. The molecule has 0 aliphatic heterocycles. The summed E-state index contributed by atoms with van der Waals surface area (Å²) in [5.41, 5.74) is -1.95. The van der Waals surface area contributed by atoms with Crippen LogP contribution >= 0.6 is 11.6 Å². The number of likely N-dealkylation sites (N-methyl/N-ethyl adjacent to an activating group) is 1. The second kappa shape index (κ2) is 9.61. The van der Waals surface area contributed by atoms with E-state index in [2.05, 4.69) is 5.32 Å². The summed E-state index contributed by atoms with van der Waals surface area (Å²) in [5, 5.41) is 12.6. The molecule has 0 saturated carbocycles. The van der Waals surface area contributed by atoms with Gasteiger partial charge in [-0.1, -0.05) is 43.6 Å². The molecule has 1 atom stereocenters. The highest BCUT2D eigenvalue weighted by molar-refractivity contribution is 6.31. The second-order valence-corrected chi connectivity index (χ2v) is 8.55. The Morgan fingerprint density at radius 1 is 1.19 bits per heavy atom. The van der Waals surface area contributed by atoms with E-state index in [9.17, 15) is 18.0 Å². The van der Waals surface area contributed by atoms with Crippen LogP contribution in [-0.4, -0.2) is 30.4 Å². The minimum atomic E-state index is -4.70. The fraction of sp³-hybridized carbons (Fsp3) is 0.391. The average molecular weight is 452 g/mol. The van der Waals surface area contributed by atoms with Crippen LogP contribution in [0.15, 0.2) is 42.5 Å². The van der Waals surface area contributed by atoms with Gasteiger partial charge in [-0.3, -0.25) is 4.79 Å². The van der Waals surface area contributed by atoms with E-state index in [1.807, 2.05) is 13.8 Å². The summed E-state index contributed by atoms with van der Waals surface area (Å²) in [5.74, 6) is -0.224. The van der Waals surface area contributed by atoms with Crippen LogP contribution in [0, 0.1) is 17.2 Å². The molecule has 31 heavy (non-hydrogen) atoms. The van der Waals surface area contributed by atoms with E-state index in [1.54, 1.807) is 44.4 Å². The first-order chi connectivity index (χ1) is 14.4. The van der Waals surface area contributed by atoms with E-state index < -0.39 is 22.8 Å². The third-order valence-corrected chi connectivity index (χ3v) is 5.22. The molecule has 0 fully saturated rings. The van der Waals surface area contributed by atoms with Gasteiger partial charge < -0.3 is 10.2 Å². The van der Waals surface area contributed by atoms with Crippen molar-refractivity contribution < 1.29 is 18.0 Å². The number of alkyl halides is 3. The highest BCUT2D eigenvalue weighted by atomic mass is 35.5. The fourth-order valence-corrected chi connectivity index (χ4v) is 3.91. The minimum absolute atomic E-state index is 0.0550. The van der Waals surface area contributed by atoms with Crippen LogP contribution < -0.4 is 5.32 Å². The molecule has 8 heteroatoms. The molecule has 166 valence electrons. The van der Waals surface area contributed by atoms with Crippen LogP contribution in [0.1, 0.15) is 37.0 Å². The molecule has 2 aromatic rings. The zero-order chi connectivity index (χ0) is 23.4. The van der Waals surface area contributed by atoms with Gasteiger partial charge in [0.2, 0.25) is 5.91 Å². The van der Waals surface area contributed by atoms with Crippen molar-refractivity contribution in [1.29, 1.82) is 5.26 Å². The Labute approximate surface area is 185 Å². The lowest BCUT2D eigenvalue weighted by atomic mass is 9.81. The number of halogens is 4. The van der Waals surface area contributed by atoms with Crippen LogP contribution in [0.3, 0.4) is 0 Å². The third-order valence-electron chi connectivity index (χ3n) is 4.85. The van der Waals surface area contributed by atoms with Gasteiger partial charge >= 0.3 is 6.18 Å². The number of nitrogens with zero attached hydrogens (tertiary/aromatic N) is 2. The molecular formula is C23H25ClF3N3O. The molecule has 1 N–H and O–H groups in total. The number of benzene rings is 2. The van der Waals surface area contributed by atoms with Crippen molar-refractivity contribution in [3.63, 3.8) is 0 Å². The molecule has 0 heterocycles. The first-order valence-electron chi connectivity index (χ1n) is 9.74. The van der Waals surface area contributed by atoms with Gasteiger partial charge in [-0.25, -0.2) is 0 Å². The molecule has 0 spiro atoms. The smallest absolute Gasteiger partial charge is 0.371 e. The van der Waals surface area contributed by atoms with Gasteiger partial charge in [0.25, 0.3) is 0 Å². The molecule has 2 rings (SSSR count). The summed E-state index contributed by atoms with van der Waals surface area (Å²) in [6.07, 6.45) is -4.16. The molecule has 0 bridgehead atoms. The number of rotatable bonds is 7. The monoisotopic (exact) mass is 451 g/mol. The highest BCUT2D eigenvalue weighted by Gasteiger charge is 2.41. The standard InChI is InChI=1S/C23H25ClF3N3O/c1-15(2)12-22(21(31)30(3)4,13-16-7-5-6-8-20(16)24)29-18-10-9-17(14-28)19(11-18)23(25,26)27/h5-11,15,29H,12-13H2,1-4H3/t22-/m0/s1. The number of carbonyl (C=O) groups excluding carboxylic acids is 1. The molecule has 0 aliphatic rings. The van der Waals surface area contributed by atoms with Crippen molar-refractivity contribution in [3.8, 4) is 6.07 Å². The first-order valence-corrected chi connectivity index (χ1v) is 10.1. The lowest BCUT2D eigenvalue weighted by Crippen LogP contribution is -2.54. The lowest BCUT2D eigenvalue weighted by molar-refractivity contribution is -0.137. The van der Waals surface area contributed by atoms with E-state index in [0.29, 0.717) is 17.0 Å². The molecule has 0 radical (unpaired) electrons. The van der Waals surface area contributed by atoms with Gasteiger partial charge in [-0.05, 0) is 42.2 Å². The highest BCUT2D eigenvalue weighted by Crippen LogP contribution is 2.36. The lowest BCUT2D eigenvalue weighted by Gasteiger charge is -2.38. The predicted molar refractivity (Wildman–Crippen MR) is 116 cm³/mol. The molecule has 0 aromatic heterocycles. The fourth-order valence-electron chi connectivity index (χ4n) is 3.71. The number of nitrogens with one attached hydrogen (secondary N) is 1. The quantitative estimate of drug-likeness (QED) is 0.582. The zero-order valence-electron chi connectivity index (χ0n) is 17.8. The van der Waals surface area contributed by atoms with E-state index in [-0.39, 0.29) is 23.9 Å². The van der Waals surface area contributed by atoms with Crippen molar-refractivity contribution in [2.75, 3.05) is 19.4 Å². The van der Waals surface area contributed by atoms with Crippen LogP contribution in [0.4, 0.5) is 18.9 Å². The van der Waals surface area contributed by atoms with Gasteiger partial charge in [0.1, 0.15) is 5.54 Å². The van der Waals surface area contributed by atoms with Gasteiger partial charge in [-0.15, -0.1) is 0 Å². The Kier molecular flexibility index (Phi) is 7.61. The van der Waals surface area contributed by atoms with Crippen molar-refractivity contribution in [2.24, 2.45) is 5.92 Å². The largest absolute Gasteiger partial charge is 0.417 e. The minimum Gasteiger partial charge on any atom is -0.371 e. The topological polar surface area (TPSA) is 56.1 Å². The second-order valence-electron chi connectivity index (χ2n) is 8.14. The van der Waals surface area contributed by atoms with Crippen LogP contribution in [0.2, 0.25) is 5.02 Å². The number of hydrogen-bond acceptors (Lipinski definition) is 3. The van der Waals surface area contributed by atoms with Crippen molar-refractivity contribution in [1.82, 2.24) is 4.90 Å². The van der Waals surface area contributed by atoms with Crippen molar-refractivity contribution in [2.45, 2.75) is 38.4 Å². The molecule has 0 aliphatic carbocycles. The summed E-state index contributed by atoms with van der Waals surface area (Å²) in [6, 6.07) is 12.0. The normalized spacial score (nSPS) is 13.4. The molecule has 1 amide bonds. The maximum Gasteiger partial charge on any atom is 0.417 e. The Morgan fingerprint density at radius 2 is 1.84 bits per heavy atom. The summed E-state index contributed by atoms with van der Waals surface area (Å²) >= 11 is 6.34.